The summed E-state index contributed by atoms with van der Waals surface area (Å²) in [5.74, 6) is -0.299. The van der Waals surface area contributed by atoms with Crippen molar-refractivity contribution in [2.75, 3.05) is 5.32 Å². The number of anilines is 1. The second-order valence-electron chi connectivity index (χ2n) is 4.63. The van der Waals surface area contributed by atoms with Gasteiger partial charge in [-0.15, -0.1) is 0 Å². The molecule has 0 aliphatic rings. The second-order valence-corrected chi connectivity index (χ2v) is 5.04. The van der Waals surface area contributed by atoms with Crippen molar-refractivity contribution in [2.24, 2.45) is 7.05 Å². The second kappa shape index (κ2) is 5.13. The lowest BCUT2D eigenvalue weighted by Crippen LogP contribution is -2.02. The van der Waals surface area contributed by atoms with Gasteiger partial charge in [0.05, 0.1) is 5.52 Å². The van der Waals surface area contributed by atoms with Gasteiger partial charge in [-0.05, 0) is 30.3 Å². The van der Waals surface area contributed by atoms with Crippen LogP contribution in [0.1, 0.15) is 5.56 Å². The van der Waals surface area contributed by atoms with Crippen LogP contribution in [0.4, 0.5) is 10.1 Å². The van der Waals surface area contributed by atoms with Crippen LogP contribution in [-0.4, -0.2) is 9.78 Å². The number of aryl methyl sites for hydroxylation is 1. The summed E-state index contributed by atoms with van der Waals surface area (Å²) >= 11 is 6.00. The molecular formula is C15H13ClFN3. The Morgan fingerprint density at radius 3 is 2.95 bits per heavy atom. The van der Waals surface area contributed by atoms with Crippen LogP contribution in [-0.2, 0) is 13.6 Å². The largest absolute Gasteiger partial charge is 0.381 e. The van der Waals surface area contributed by atoms with Gasteiger partial charge in [0.2, 0.25) is 0 Å². The minimum absolute atomic E-state index is 0.299. The van der Waals surface area contributed by atoms with Crippen molar-refractivity contribution in [3.05, 3.63) is 59.0 Å². The normalized spacial score (nSPS) is 10.9. The number of hydrogen-bond donors (Lipinski definition) is 1. The molecule has 5 heteroatoms. The summed E-state index contributed by atoms with van der Waals surface area (Å²) in [6, 6.07) is 10.5. The predicted molar refractivity (Wildman–Crippen MR) is 79.5 cm³/mol. The van der Waals surface area contributed by atoms with E-state index in [-0.39, 0.29) is 5.82 Å². The van der Waals surface area contributed by atoms with Gasteiger partial charge in [0, 0.05) is 41.4 Å². The molecule has 0 saturated carbocycles. The third-order valence-electron chi connectivity index (χ3n) is 3.15. The monoisotopic (exact) mass is 289 g/mol. The lowest BCUT2D eigenvalue weighted by atomic mass is 10.2. The van der Waals surface area contributed by atoms with Crippen molar-refractivity contribution < 1.29 is 4.39 Å². The highest BCUT2D eigenvalue weighted by molar-refractivity contribution is 6.31. The molecule has 102 valence electrons. The molecule has 0 unspecified atom stereocenters. The summed E-state index contributed by atoms with van der Waals surface area (Å²) in [6.07, 6.45) is 1.94. The molecule has 0 bridgehead atoms. The number of nitrogens with zero attached hydrogens (tertiary/aromatic N) is 2. The minimum Gasteiger partial charge on any atom is -0.381 e. The number of benzene rings is 2. The van der Waals surface area contributed by atoms with Gasteiger partial charge < -0.3 is 5.32 Å². The van der Waals surface area contributed by atoms with Crippen LogP contribution < -0.4 is 5.32 Å². The summed E-state index contributed by atoms with van der Waals surface area (Å²) in [4.78, 5) is 0. The fraction of sp³-hybridized carbons (Fsp3) is 0.133. The summed E-state index contributed by atoms with van der Waals surface area (Å²) in [6.45, 7) is 0.345. The van der Waals surface area contributed by atoms with Crippen LogP contribution in [0.5, 0.6) is 0 Å². The molecule has 0 fully saturated rings. The SMILES string of the molecule is Cn1cc2cc(NCc3c(F)cccc3Cl)ccc2n1. The van der Waals surface area contributed by atoms with Gasteiger partial charge in [0.1, 0.15) is 5.82 Å². The first-order chi connectivity index (χ1) is 9.63. The molecule has 0 amide bonds. The highest BCUT2D eigenvalue weighted by atomic mass is 35.5. The van der Waals surface area contributed by atoms with E-state index in [1.807, 2.05) is 31.4 Å². The zero-order chi connectivity index (χ0) is 14.1. The first-order valence-electron chi connectivity index (χ1n) is 6.23. The highest BCUT2D eigenvalue weighted by Gasteiger charge is 2.07. The van der Waals surface area contributed by atoms with Crippen molar-refractivity contribution >= 4 is 28.2 Å². The summed E-state index contributed by atoms with van der Waals surface area (Å²) in [5.41, 5.74) is 2.31. The van der Waals surface area contributed by atoms with Crippen molar-refractivity contribution in [2.45, 2.75) is 6.54 Å². The van der Waals surface area contributed by atoms with Crippen LogP contribution in [0.25, 0.3) is 10.9 Å². The van der Waals surface area contributed by atoms with E-state index in [0.29, 0.717) is 17.1 Å². The van der Waals surface area contributed by atoms with Crippen LogP contribution in [0, 0.1) is 5.82 Å². The van der Waals surface area contributed by atoms with Gasteiger partial charge >= 0.3 is 0 Å². The average Bonchev–Trinajstić information content (AvgIpc) is 2.77. The predicted octanol–water partition coefficient (Wildman–Crippen LogP) is 3.98. The number of fused-ring (bicyclic) bond motifs is 1. The summed E-state index contributed by atoms with van der Waals surface area (Å²) in [5, 5.41) is 8.96. The molecule has 1 heterocycles. The maximum atomic E-state index is 13.7. The molecule has 0 aliphatic carbocycles. The van der Waals surface area contributed by atoms with Crippen LogP contribution in [0.15, 0.2) is 42.6 Å². The lowest BCUT2D eigenvalue weighted by molar-refractivity contribution is 0.613. The Bertz CT molecular complexity index is 747. The van der Waals surface area contributed by atoms with Gasteiger partial charge in [-0.3, -0.25) is 4.68 Å². The molecule has 1 N–H and O–H groups in total. The van der Waals surface area contributed by atoms with Crippen LogP contribution >= 0.6 is 11.6 Å². The van der Waals surface area contributed by atoms with Gasteiger partial charge in [0.15, 0.2) is 0 Å². The van der Waals surface area contributed by atoms with E-state index >= 15 is 0 Å². The highest BCUT2D eigenvalue weighted by Crippen LogP contribution is 2.22. The fourth-order valence-corrected chi connectivity index (χ4v) is 2.38. The van der Waals surface area contributed by atoms with E-state index in [2.05, 4.69) is 10.4 Å². The third kappa shape index (κ3) is 2.47. The van der Waals surface area contributed by atoms with E-state index < -0.39 is 0 Å². The summed E-state index contributed by atoms with van der Waals surface area (Å²) < 4.78 is 15.4. The van der Waals surface area contributed by atoms with Gasteiger partial charge in [-0.2, -0.15) is 5.10 Å². The van der Waals surface area contributed by atoms with Crippen LogP contribution in [0.2, 0.25) is 5.02 Å². The first kappa shape index (κ1) is 12.9. The first-order valence-corrected chi connectivity index (χ1v) is 6.61. The van der Waals surface area contributed by atoms with Crippen molar-refractivity contribution in [3.8, 4) is 0 Å². The number of rotatable bonds is 3. The molecule has 0 atom stereocenters. The maximum Gasteiger partial charge on any atom is 0.129 e. The molecule has 0 aliphatic heterocycles. The fourth-order valence-electron chi connectivity index (χ4n) is 2.15. The van der Waals surface area contributed by atoms with Crippen molar-refractivity contribution in [1.82, 2.24) is 9.78 Å². The van der Waals surface area contributed by atoms with E-state index in [0.717, 1.165) is 16.6 Å². The standard InChI is InChI=1S/C15H13ClFN3/c1-20-9-10-7-11(5-6-15(10)19-20)18-8-12-13(16)3-2-4-14(12)17/h2-7,9,18H,8H2,1H3. The van der Waals surface area contributed by atoms with Gasteiger partial charge in [0.25, 0.3) is 0 Å². The molecule has 0 spiro atoms. The summed E-state index contributed by atoms with van der Waals surface area (Å²) in [7, 11) is 1.88. The van der Waals surface area contributed by atoms with Gasteiger partial charge in [-0.1, -0.05) is 17.7 Å². The number of hydrogen-bond acceptors (Lipinski definition) is 2. The number of aromatic nitrogens is 2. The molecular weight excluding hydrogens is 277 g/mol. The molecule has 3 aromatic rings. The Labute approximate surface area is 121 Å². The molecule has 3 rings (SSSR count). The Hall–Kier alpha value is -2.07. The minimum atomic E-state index is -0.299. The Morgan fingerprint density at radius 1 is 1.30 bits per heavy atom. The molecule has 1 aromatic heterocycles. The van der Waals surface area contributed by atoms with E-state index in [9.17, 15) is 4.39 Å². The van der Waals surface area contributed by atoms with Crippen molar-refractivity contribution in [3.63, 3.8) is 0 Å². The van der Waals surface area contributed by atoms with Gasteiger partial charge in [-0.25, -0.2) is 4.39 Å². The van der Waals surface area contributed by atoms with E-state index in [1.54, 1.807) is 16.8 Å². The molecule has 20 heavy (non-hydrogen) atoms. The number of halogens is 2. The molecule has 0 radical (unpaired) electrons. The van der Waals surface area contributed by atoms with Crippen molar-refractivity contribution in [1.29, 1.82) is 0 Å². The Kier molecular flexibility index (Phi) is 3.32. The smallest absolute Gasteiger partial charge is 0.129 e. The van der Waals surface area contributed by atoms with E-state index in [4.69, 9.17) is 11.6 Å². The molecule has 2 aromatic carbocycles. The maximum absolute atomic E-state index is 13.7. The molecule has 0 saturated heterocycles. The Morgan fingerprint density at radius 2 is 2.15 bits per heavy atom. The topological polar surface area (TPSA) is 29.9 Å². The zero-order valence-electron chi connectivity index (χ0n) is 10.9. The van der Waals surface area contributed by atoms with Crippen LogP contribution in [0.3, 0.4) is 0 Å². The number of nitrogens with one attached hydrogen (secondary N) is 1. The molecule has 3 nitrogen and oxygen atoms in total. The average molecular weight is 290 g/mol. The lowest BCUT2D eigenvalue weighted by Gasteiger charge is -2.09. The quantitative estimate of drug-likeness (QED) is 0.790. The van der Waals surface area contributed by atoms with E-state index in [1.165, 1.54) is 6.07 Å². The zero-order valence-corrected chi connectivity index (χ0v) is 11.7. The Balaban J connectivity index is 1.83. The third-order valence-corrected chi connectivity index (χ3v) is 3.50.